The summed E-state index contributed by atoms with van der Waals surface area (Å²) in [4.78, 5) is 4.61. The number of hydrogen-bond acceptors (Lipinski definition) is 2. The van der Waals surface area contributed by atoms with Crippen LogP contribution in [0.1, 0.15) is 17.0 Å². The Balaban J connectivity index is 2.06. The Hall–Kier alpha value is -1.56. The highest BCUT2D eigenvalue weighted by molar-refractivity contribution is 9.10. The van der Waals surface area contributed by atoms with Gasteiger partial charge in [-0.05, 0) is 72.2 Å². The van der Waals surface area contributed by atoms with Crippen LogP contribution >= 0.6 is 43.5 Å². The highest BCUT2D eigenvalue weighted by Crippen LogP contribution is 2.33. The summed E-state index contributed by atoms with van der Waals surface area (Å²) in [6.07, 6.45) is 1.84. The number of halogens is 3. The second kappa shape index (κ2) is 7.99. The standard InChI is InChI=1S/C20H17Br2ClN2O/c1-12-17(11-24-18-10-15(23)6-9-19(18)26-3)20(22)13(2)25(12)16-7-4-14(21)5-8-16/h4-11H,1-3H3. The number of aliphatic imine (C=N–C) groups is 1. The van der Waals surface area contributed by atoms with Crippen molar-refractivity contribution in [1.82, 2.24) is 4.57 Å². The van der Waals surface area contributed by atoms with E-state index in [0.29, 0.717) is 16.5 Å². The van der Waals surface area contributed by atoms with Crippen LogP contribution in [0, 0.1) is 13.8 Å². The lowest BCUT2D eigenvalue weighted by molar-refractivity contribution is 0.416. The SMILES string of the molecule is COc1ccc(Cl)cc1N=Cc1c(Br)c(C)n(-c2ccc(Br)cc2)c1C. The van der Waals surface area contributed by atoms with Crippen LogP contribution in [-0.2, 0) is 0 Å². The zero-order valence-electron chi connectivity index (χ0n) is 14.6. The lowest BCUT2D eigenvalue weighted by Crippen LogP contribution is -1.99. The Labute approximate surface area is 174 Å². The number of rotatable bonds is 4. The summed E-state index contributed by atoms with van der Waals surface area (Å²) in [5, 5.41) is 0.623. The van der Waals surface area contributed by atoms with Gasteiger partial charge in [-0.1, -0.05) is 27.5 Å². The number of ether oxygens (including phenoxy) is 1. The highest BCUT2D eigenvalue weighted by atomic mass is 79.9. The fourth-order valence-electron chi connectivity index (χ4n) is 2.85. The first-order chi connectivity index (χ1) is 12.4. The van der Waals surface area contributed by atoms with Crippen molar-refractivity contribution in [3.63, 3.8) is 0 Å². The van der Waals surface area contributed by atoms with Crippen LogP contribution in [0.25, 0.3) is 5.69 Å². The quantitative estimate of drug-likeness (QED) is 0.356. The molecule has 0 saturated carbocycles. The van der Waals surface area contributed by atoms with Gasteiger partial charge in [0.25, 0.3) is 0 Å². The highest BCUT2D eigenvalue weighted by Gasteiger charge is 2.16. The molecule has 0 unspecified atom stereocenters. The average Bonchev–Trinajstić information content (AvgIpc) is 2.83. The molecule has 0 spiro atoms. The zero-order valence-corrected chi connectivity index (χ0v) is 18.5. The van der Waals surface area contributed by atoms with Gasteiger partial charge in [0, 0.05) is 42.8 Å². The third kappa shape index (κ3) is 3.75. The molecule has 3 nitrogen and oxygen atoms in total. The van der Waals surface area contributed by atoms with Crippen LogP contribution in [0.4, 0.5) is 5.69 Å². The smallest absolute Gasteiger partial charge is 0.144 e. The molecule has 0 radical (unpaired) electrons. The summed E-state index contributed by atoms with van der Waals surface area (Å²) in [7, 11) is 1.62. The molecular formula is C20H17Br2ClN2O. The second-order valence-electron chi connectivity index (χ2n) is 5.78. The van der Waals surface area contributed by atoms with Crippen LogP contribution < -0.4 is 4.74 Å². The largest absolute Gasteiger partial charge is 0.494 e. The van der Waals surface area contributed by atoms with Crippen molar-refractivity contribution in [2.75, 3.05) is 7.11 Å². The Morgan fingerprint density at radius 2 is 1.73 bits per heavy atom. The van der Waals surface area contributed by atoms with Crippen LogP contribution in [0.2, 0.25) is 5.02 Å². The number of hydrogen-bond donors (Lipinski definition) is 0. The van der Waals surface area contributed by atoms with E-state index >= 15 is 0 Å². The number of aromatic nitrogens is 1. The summed E-state index contributed by atoms with van der Waals surface area (Å²) in [6, 6.07) is 13.6. The predicted octanol–water partition coefficient (Wildman–Crippen LogP) is 7.03. The summed E-state index contributed by atoms with van der Waals surface area (Å²) in [5.74, 6) is 0.684. The minimum absolute atomic E-state index is 0.623. The Morgan fingerprint density at radius 3 is 2.38 bits per heavy atom. The molecule has 0 amide bonds. The van der Waals surface area contributed by atoms with Crippen LogP contribution in [0.15, 0.2) is 56.4 Å². The van der Waals surface area contributed by atoms with Gasteiger partial charge in [-0.25, -0.2) is 0 Å². The topological polar surface area (TPSA) is 26.5 Å². The van der Waals surface area contributed by atoms with Crippen molar-refractivity contribution in [2.45, 2.75) is 13.8 Å². The third-order valence-corrected chi connectivity index (χ3v) is 5.94. The molecule has 0 atom stereocenters. The van der Waals surface area contributed by atoms with E-state index in [2.05, 4.69) is 67.4 Å². The maximum Gasteiger partial charge on any atom is 0.144 e. The lowest BCUT2D eigenvalue weighted by atomic mass is 10.2. The number of benzene rings is 2. The maximum atomic E-state index is 6.09. The molecule has 6 heteroatoms. The summed E-state index contributed by atoms with van der Waals surface area (Å²) in [5.41, 5.74) is 5.03. The van der Waals surface area contributed by atoms with Crippen molar-refractivity contribution in [3.8, 4) is 11.4 Å². The van der Waals surface area contributed by atoms with Gasteiger partial charge in [-0.15, -0.1) is 0 Å². The molecule has 1 heterocycles. The van der Waals surface area contributed by atoms with Gasteiger partial charge < -0.3 is 9.30 Å². The Morgan fingerprint density at radius 1 is 1.04 bits per heavy atom. The molecule has 3 aromatic rings. The van der Waals surface area contributed by atoms with E-state index in [1.54, 1.807) is 19.2 Å². The predicted molar refractivity (Wildman–Crippen MR) is 116 cm³/mol. The van der Waals surface area contributed by atoms with Gasteiger partial charge >= 0.3 is 0 Å². The van der Waals surface area contributed by atoms with Crippen molar-refractivity contribution >= 4 is 55.4 Å². The van der Waals surface area contributed by atoms with E-state index in [0.717, 1.165) is 31.6 Å². The van der Waals surface area contributed by atoms with Crippen LogP contribution in [0.3, 0.4) is 0 Å². The van der Waals surface area contributed by atoms with Gasteiger partial charge in [-0.3, -0.25) is 4.99 Å². The van der Waals surface area contributed by atoms with Crippen molar-refractivity contribution in [1.29, 1.82) is 0 Å². The number of nitrogens with zero attached hydrogens (tertiary/aromatic N) is 2. The molecule has 0 aliphatic carbocycles. The van der Waals surface area contributed by atoms with E-state index in [9.17, 15) is 0 Å². The van der Waals surface area contributed by atoms with Gasteiger partial charge in [0.05, 0.1) is 7.11 Å². The van der Waals surface area contributed by atoms with Gasteiger partial charge in [0.1, 0.15) is 11.4 Å². The van der Waals surface area contributed by atoms with E-state index in [1.807, 2.05) is 24.4 Å². The third-order valence-electron chi connectivity index (χ3n) is 4.17. The normalized spacial score (nSPS) is 11.3. The van der Waals surface area contributed by atoms with Crippen molar-refractivity contribution in [2.24, 2.45) is 4.99 Å². The molecule has 26 heavy (non-hydrogen) atoms. The monoisotopic (exact) mass is 494 g/mol. The average molecular weight is 497 g/mol. The lowest BCUT2D eigenvalue weighted by Gasteiger charge is -2.09. The molecule has 3 rings (SSSR count). The molecule has 0 N–H and O–H groups in total. The molecule has 0 fully saturated rings. The zero-order chi connectivity index (χ0) is 18.8. The maximum absolute atomic E-state index is 6.09. The minimum Gasteiger partial charge on any atom is -0.494 e. The van der Waals surface area contributed by atoms with Crippen LogP contribution in [-0.4, -0.2) is 17.9 Å². The molecule has 134 valence electrons. The van der Waals surface area contributed by atoms with Crippen LogP contribution in [0.5, 0.6) is 5.75 Å². The fraction of sp³-hybridized carbons (Fsp3) is 0.150. The Bertz CT molecular complexity index is 978. The summed E-state index contributed by atoms with van der Waals surface area (Å²) < 4.78 is 9.64. The van der Waals surface area contributed by atoms with E-state index < -0.39 is 0 Å². The van der Waals surface area contributed by atoms with Gasteiger partial charge in [-0.2, -0.15) is 0 Å². The van der Waals surface area contributed by atoms with Gasteiger partial charge in [0.2, 0.25) is 0 Å². The van der Waals surface area contributed by atoms with Crippen molar-refractivity contribution in [3.05, 3.63) is 73.4 Å². The minimum atomic E-state index is 0.623. The molecule has 1 aromatic heterocycles. The first kappa shape index (κ1) is 19.2. The first-order valence-corrected chi connectivity index (χ1v) is 9.89. The molecule has 0 saturated heterocycles. The van der Waals surface area contributed by atoms with E-state index in [4.69, 9.17) is 16.3 Å². The van der Waals surface area contributed by atoms with E-state index in [-0.39, 0.29) is 0 Å². The molecule has 2 aromatic carbocycles. The summed E-state index contributed by atoms with van der Waals surface area (Å²) in [6.45, 7) is 4.16. The first-order valence-electron chi connectivity index (χ1n) is 7.93. The van der Waals surface area contributed by atoms with Crippen molar-refractivity contribution < 1.29 is 4.74 Å². The Kier molecular flexibility index (Phi) is 5.90. The van der Waals surface area contributed by atoms with E-state index in [1.165, 1.54) is 0 Å². The van der Waals surface area contributed by atoms with Gasteiger partial charge in [0.15, 0.2) is 0 Å². The molecule has 0 aliphatic heterocycles. The molecule has 0 aliphatic rings. The summed E-state index contributed by atoms with van der Waals surface area (Å²) >= 11 is 13.3. The number of methoxy groups -OCH3 is 1. The fourth-order valence-corrected chi connectivity index (χ4v) is 3.85. The second-order valence-corrected chi connectivity index (χ2v) is 7.93. The molecular weight excluding hydrogens is 479 g/mol. The molecule has 0 bridgehead atoms.